The number of rotatable bonds is 5. The van der Waals surface area contributed by atoms with Gasteiger partial charge in [0.2, 0.25) is 0 Å². The first-order chi connectivity index (χ1) is 9.10. The number of benzene rings is 1. The number of hydrogen-bond donors (Lipinski definition) is 1. The van der Waals surface area contributed by atoms with Crippen LogP contribution in [-0.2, 0) is 6.42 Å². The lowest BCUT2D eigenvalue weighted by molar-refractivity contribution is 0.473. The Balaban J connectivity index is 2.19. The first-order valence-electron chi connectivity index (χ1n) is 6.61. The van der Waals surface area contributed by atoms with Gasteiger partial charge in [-0.15, -0.1) is 0 Å². The fourth-order valence-electron chi connectivity index (χ4n) is 1.86. The van der Waals surface area contributed by atoms with Crippen LogP contribution in [0.5, 0.6) is 11.5 Å². The number of hydrogen-bond acceptors (Lipinski definition) is 3. The Morgan fingerprint density at radius 3 is 2.79 bits per heavy atom. The zero-order valence-corrected chi connectivity index (χ0v) is 11.8. The van der Waals surface area contributed by atoms with Crippen LogP contribution in [0, 0.1) is 6.92 Å². The lowest BCUT2D eigenvalue weighted by Crippen LogP contribution is -2.03. The minimum absolute atomic E-state index is 0.335. The van der Waals surface area contributed by atoms with Crippen molar-refractivity contribution < 1.29 is 4.74 Å². The van der Waals surface area contributed by atoms with Crippen molar-refractivity contribution in [2.24, 2.45) is 5.73 Å². The van der Waals surface area contributed by atoms with E-state index in [1.807, 2.05) is 17.8 Å². The molecular formula is C15H21N3O. The molecule has 1 heterocycles. The van der Waals surface area contributed by atoms with Crippen molar-refractivity contribution in [1.82, 2.24) is 9.78 Å². The summed E-state index contributed by atoms with van der Waals surface area (Å²) < 4.78 is 7.79. The van der Waals surface area contributed by atoms with Crippen LogP contribution in [0.2, 0.25) is 0 Å². The molecule has 0 fully saturated rings. The van der Waals surface area contributed by atoms with Crippen LogP contribution < -0.4 is 10.5 Å². The van der Waals surface area contributed by atoms with E-state index in [0.717, 1.165) is 23.5 Å². The van der Waals surface area contributed by atoms with E-state index in [-0.39, 0.29) is 0 Å². The molecule has 4 nitrogen and oxygen atoms in total. The second-order valence-corrected chi connectivity index (χ2v) is 4.99. The molecule has 1 aromatic heterocycles. The maximum atomic E-state index is 5.90. The molecule has 0 aliphatic heterocycles. The highest BCUT2D eigenvalue weighted by atomic mass is 16.5. The van der Waals surface area contributed by atoms with Crippen LogP contribution in [0.25, 0.3) is 0 Å². The molecule has 2 rings (SSSR count). The minimum atomic E-state index is 0.335. The standard InChI is InChI=1S/C15H21N3O/c1-11(2)18-10-14(9-17-18)19-15-8-13(6-7-16)5-4-12(15)3/h4-5,8-11H,6-7,16H2,1-3H3. The summed E-state index contributed by atoms with van der Waals surface area (Å²) in [5.41, 5.74) is 7.89. The predicted molar refractivity (Wildman–Crippen MR) is 76.6 cm³/mol. The van der Waals surface area contributed by atoms with E-state index in [9.17, 15) is 0 Å². The number of aromatic nitrogens is 2. The highest BCUT2D eigenvalue weighted by Gasteiger charge is 2.06. The van der Waals surface area contributed by atoms with Gasteiger partial charge in [0.15, 0.2) is 5.75 Å². The van der Waals surface area contributed by atoms with Gasteiger partial charge < -0.3 is 10.5 Å². The maximum Gasteiger partial charge on any atom is 0.165 e. The van der Waals surface area contributed by atoms with Gasteiger partial charge in [-0.1, -0.05) is 12.1 Å². The van der Waals surface area contributed by atoms with E-state index in [1.165, 1.54) is 5.56 Å². The first-order valence-corrected chi connectivity index (χ1v) is 6.61. The molecule has 102 valence electrons. The molecule has 2 aromatic rings. The van der Waals surface area contributed by atoms with Crippen LogP contribution in [0.15, 0.2) is 30.6 Å². The largest absolute Gasteiger partial charge is 0.454 e. The molecule has 0 aliphatic carbocycles. The Kier molecular flexibility index (Phi) is 4.22. The minimum Gasteiger partial charge on any atom is -0.454 e. The van der Waals surface area contributed by atoms with Crippen molar-refractivity contribution in [2.45, 2.75) is 33.2 Å². The number of nitrogens with zero attached hydrogens (tertiary/aromatic N) is 2. The smallest absolute Gasteiger partial charge is 0.165 e. The van der Waals surface area contributed by atoms with E-state index in [2.05, 4.69) is 37.1 Å². The molecule has 2 N–H and O–H groups in total. The van der Waals surface area contributed by atoms with Crippen molar-refractivity contribution in [3.8, 4) is 11.5 Å². The third kappa shape index (κ3) is 3.35. The van der Waals surface area contributed by atoms with Crippen LogP contribution in [0.4, 0.5) is 0 Å². The lowest BCUT2D eigenvalue weighted by Gasteiger charge is -2.09. The van der Waals surface area contributed by atoms with E-state index in [1.54, 1.807) is 6.20 Å². The average molecular weight is 259 g/mol. The summed E-state index contributed by atoms with van der Waals surface area (Å²) >= 11 is 0. The molecule has 0 aliphatic rings. The van der Waals surface area contributed by atoms with Crippen LogP contribution >= 0.6 is 0 Å². The third-order valence-electron chi connectivity index (χ3n) is 3.02. The van der Waals surface area contributed by atoms with Crippen molar-refractivity contribution in [3.63, 3.8) is 0 Å². The monoisotopic (exact) mass is 259 g/mol. The predicted octanol–water partition coefficient (Wildman–Crippen LogP) is 3.07. The van der Waals surface area contributed by atoms with Gasteiger partial charge in [0.25, 0.3) is 0 Å². The average Bonchev–Trinajstić information content (AvgIpc) is 2.82. The van der Waals surface area contributed by atoms with Crippen molar-refractivity contribution in [1.29, 1.82) is 0 Å². The maximum absolute atomic E-state index is 5.90. The topological polar surface area (TPSA) is 53.1 Å². The summed E-state index contributed by atoms with van der Waals surface area (Å²) in [6, 6.07) is 6.54. The third-order valence-corrected chi connectivity index (χ3v) is 3.02. The first kappa shape index (κ1) is 13.6. The SMILES string of the molecule is Cc1ccc(CCN)cc1Oc1cnn(C(C)C)c1. The van der Waals surface area contributed by atoms with E-state index >= 15 is 0 Å². The summed E-state index contributed by atoms with van der Waals surface area (Å²) in [6.07, 6.45) is 4.52. The Bertz CT molecular complexity index is 546. The summed E-state index contributed by atoms with van der Waals surface area (Å²) in [4.78, 5) is 0. The summed E-state index contributed by atoms with van der Waals surface area (Å²) in [6.45, 7) is 6.86. The highest BCUT2D eigenvalue weighted by molar-refractivity contribution is 5.39. The molecule has 0 saturated heterocycles. The molecule has 0 radical (unpaired) electrons. The molecule has 1 aromatic carbocycles. The molecule has 0 spiro atoms. The summed E-state index contributed by atoms with van der Waals surface area (Å²) in [7, 11) is 0. The van der Waals surface area contributed by atoms with E-state index in [0.29, 0.717) is 12.6 Å². The summed E-state index contributed by atoms with van der Waals surface area (Å²) in [5, 5.41) is 4.27. The fraction of sp³-hybridized carbons (Fsp3) is 0.400. The number of ether oxygens (including phenoxy) is 1. The van der Waals surface area contributed by atoms with Crippen molar-refractivity contribution in [3.05, 3.63) is 41.7 Å². The molecule has 0 amide bonds. The molecule has 4 heteroatoms. The molecule has 0 saturated carbocycles. The zero-order chi connectivity index (χ0) is 13.8. The van der Waals surface area contributed by atoms with Gasteiger partial charge in [0.05, 0.1) is 12.4 Å². The molecule has 0 unspecified atom stereocenters. The molecule has 0 atom stereocenters. The second-order valence-electron chi connectivity index (χ2n) is 4.99. The van der Waals surface area contributed by atoms with Crippen LogP contribution in [-0.4, -0.2) is 16.3 Å². The van der Waals surface area contributed by atoms with Gasteiger partial charge >= 0.3 is 0 Å². The zero-order valence-electron chi connectivity index (χ0n) is 11.8. The lowest BCUT2D eigenvalue weighted by atomic mass is 10.1. The molecule has 0 bridgehead atoms. The quantitative estimate of drug-likeness (QED) is 0.897. The van der Waals surface area contributed by atoms with Gasteiger partial charge in [0, 0.05) is 6.04 Å². The Hall–Kier alpha value is -1.81. The fourth-order valence-corrected chi connectivity index (χ4v) is 1.86. The van der Waals surface area contributed by atoms with Gasteiger partial charge in [-0.3, -0.25) is 4.68 Å². The second kappa shape index (κ2) is 5.89. The normalized spacial score (nSPS) is 11.0. The van der Waals surface area contributed by atoms with Crippen molar-refractivity contribution in [2.75, 3.05) is 6.54 Å². The van der Waals surface area contributed by atoms with Crippen LogP contribution in [0.1, 0.15) is 31.0 Å². The van der Waals surface area contributed by atoms with E-state index in [4.69, 9.17) is 10.5 Å². The van der Waals surface area contributed by atoms with Crippen molar-refractivity contribution >= 4 is 0 Å². The van der Waals surface area contributed by atoms with Gasteiger partial charge in [-0.05, 0) is 50.9 Å². The Morgan fingerprint density at radius 1 is 1.37 bits per heavy atom. The van der Waals surface area contributed by atoms with Gasteiger partial charge in [-0.25, -0.2) is 0 Å². The molecule has 19 heavy (non-hydrogen) atoms. The summed E-state index contributed by atoms with van der Waals surface area (Å²) in [5.74, 6) is 1.64. The van der Waals surface area contributed by atoms with Crippen LogP contribution in [0.3, 0.4) is 0 Å². The molecular weight excluding hydrogens is 238 g/mol. The Labute approximate surface area is 114 Å². The highest BCUT2D eigenvalue weighted by Crippen LogP contribution is 2.26. The Morgan fingerprint density at radius 2 is 2.16 bits per heavy atom. The van der Waals surface area contributed by atoms with Gasteiger partial charge in [-0.2, -0.15) is 5.10 Å². The number of aryl methyl sites for hydroxylation is 1. The van der Waals surface area contributed by atoms with Gasteiger partial charge in [0.1, 0.15) is 5.75 Å². The number of nitrogens with two attached hydrogens (primary N) is 1. The van der Waals surface area contributed by atoms with E-state index < -0.39 is 0 Å².